The van der Waals surface area contributed by atoms with E-state index >= 15 is 0 Å². The van der Waals surface area contributed by atoms with E-state index in [1.807, 2.05) is 0 Å². The van der Waals surface area contributed by atoms with Crippen LogP contribution in [0.15, 0.2) is 53.5 Å². The molecule has 0 saturated carbocycles. The van der Waals surface area contributed by atoms with Crippen LogP contribution in [-0.4, -0.2) is 33.3 Å². The zero-order valence-electron chi connectivity index (χ0n) is 17.7. The number of carbonyl (C=O) groups is 2. The van der Waals surface area contributed by atoms with Gasteiger partial charge in [0.15, 0.2) is 5.69 Å². The van der Waals surface area contributed by atoms with Crippen LogP contribution in [0.25, 0.3) is 11.1 Å². The van der Waals surface area contributed by atoms with Gasteiger partial charge in [0.25, 0.3) is 5.56 Å². The number of hydrogen-bond donors (Lipinski definition) is 4. The lowest BCUT2D eigenvalue weighted by Crippen LogP contribution is -2.36. The van der Waals surface area contributed by atoms with E-state index in [9.17, 15) is 29.0 Å². The smallest absolute Gasteiger partial charge is 0.319 e. The third-order valence-corrected chi connectivity index (χ3v) is 5.38. The zero-order valence-corrected chi connectivity index (χ0v) is 18.5. The number of anilines is 1. The molecule has 2 aromatic carbocycles. The molecule has 0 saturated heterocycles. The van der Waals surface area contributed by atoms with Crippen molar-refractivity contribution in [2.24, 2.45) is 7.05 Å². The Labute approximate surface area is 193 Å². The SMILES string of the molecule is Cc1cn(C)c(=O)c(NC(=O)NCC(C(=O)O)c2cccc(-c3ccc(F)cc3Cl)c2)c1O. The lowest BCUT2D eigenvalue weighted by atomic mass is 9.95. The summed E-state index contributed by atoms with van der Waals surface area (Å²) in [4.78, 5) is 36.4. The van der Waals surface area contributed by atoms with Crippen molar-refractivity contribution < 1.29 is 24.2 Å². The zero-order chi connectivity index (χ0) is 24.3. The molecular weight excluding hydrogens is 453 g/mol. The fourth-order valence-corrected chi connectivity index (χ4v) is 3.62. The van der Waals surface area contributed by atoms with Crippen molar-refractivity contribution in [3.63, 3.8) is 0 Å². The first-order valence-electron chi connectivity index (χ1n) is 9.80. The number of aromatic nitrogens is 1. The number of pyridine rings is 1. The second-order valence-corrected chi connectivity index (χ2v) is 7.83. The normalized spacial score (nSPS) is 11.6. The summed E-state index contributed by atoms with van der Waals surface area (Å²) in [5, 5.41) is 24.7. The molecule has 1 atom stereocenters. The number of carbonyl (C=O) groups excluding carboxylic acids is 1. The molecule has 2 amide bonds. The minimum absolute atomic E-state index is 0.177. The number of carboxylic acids is 1. The number of nitrogens with zero attached hydrogens (tertiary/aromatic N) is 1. The molecule has 0 aliphatic heterocycles. The maximum Gasteiger partial charge on any atom is 0.319 e. The highest BCUT2D eigenvalue weighted by Gasteiger charge is 2.22. The summed E-state index contributed by atoms with van der Waals surface area (Å²) in [5.74, 6) is -3.17. The van der Waals surface area contributed by atoms with E-state index in [0.717, 1.165) is 6.07 Å². The van der Waals surface area contributed by atoms with Crippen molar-refractivity contribution in [2.75, 3.05) is 11.9 Å². The number of benzene rings is 2. The van der Waals surface area contributed by atoms with Gasteiger partial charge in [0.1, 0.15) is 11.6 Å². The first-order chi connectivity index (χ1) is 15.6. The molecule has 1 aromatic heterocycles. The molecule has 0 bridgehead atoms. The van der Waals surface area contributed by atoms with Crippen LogP contribution in [0.4, 0.5) is 14.9 Å². The van der Waals surface area contributed by atoms with E-state index in [-0.39, 0.29) is 23.0 Å². The average Bonchev–Trinajstić information content (AvgIpc) is 2.75. The van der Waals surface area contributed by atoms with Crippen molar-refractivity contribution in [1.82, 2.24) is 9.88 Å². The summed E-state index contributed by atoms with van der Waals surface area (Å²) in [6, 6.07) is 9.58. The van der Waals surface area contributed by atoms with Gasteiger partial charge in [0, 0.05) is 30.9 Å². The Balaban J connectivity index is 1.79. The molecule has 3 aromatic rings. The van der Waals surface area contributed by atoms with Crippen LogP contribution in [-0.2, 0) is 11.8 Å². The van der Waals surface area contributed by atoms with Gasteiger partial charge in [-0.1, -0.05) is 35.9 Å². The summed E-state index contributed by atoms with van der Waals surface area (Å²) < 4.78 is 14.6. The molecule has 0 spiro atoms. The third kappa shape index (κ3) is 5.32. The molecular formula is C23H21ClFN3O5. The van der Waals surface area contributed by atoms with Crippen molar-refractivity contribution >= 4 is 29.3 Å². The molecule has 8 nitrogen and oxygen atoms in total. The van der Waals surface area contributed by atoms with Gasteiger partial charge in [-0.15, -0.1) is 0 Å². The van der Waals surface area contributed by atoms with Crippen molar-refractivity contribution in [2.45, 2.75) is 12.8 Å². The molecule has 33 heavy (non-hydrogen) atoms. The van der Waals surface area contributed by atoms with E-state index in [4.69, 9.17) is 11.6 Å². The highest BCUT2D eigenvalue weighted by Crippen LogP contribution is 2.30. The fourth-order valence-electron chi connectivity index (χ4n) is 3.34. The van der Waals surface area contributed by atoms with Crippen LogP contribution >= 0.6 is 11.6 Å². The standard InChI is InChI=1S/C23H21ClFN3O5/c1-12-11-28(2)21(30)19(20(12)29)27-23(33)26-10-17(22(31)32)14-5-3-4-13(8-14)16-7-6-15(25)9-18(16)24/h3-9,11,17,29H,10H2,1-2H3,(H,31,32)(H2,26,27,33). The molecule has 0 aliphatic carbocycles. The summed E-state index contributed by atoms with van der Waals surface area (Å²) in [7, 11) is 1.47. The van der Waals surface area contributed by atoms with Crippen LogP contribution in [0.3, 0.4) is 0 Å². The second-order valence-electron chi connectivity index (χ2n) is 7.43. The number of aryl methyl sites for hydroxylation is 2. The highest BCUT2D eigenvalue weighted by atomic mass is 35.5. The molecule has 0 aliphatic rings. The number of halogens is 2. The first-order valence-corrected chi connectivity index (χ1v) is 10.2. The summed E-state index contributed by atoms with van der Waals surface area (Å²) >= 11 is 6.12. The Morgan fingerprint density at radius 3 is 2.61 bits per heavy atom. The number of aromatic hydroxyl groups is 1. The Morgan fingerprint density at radius 1 is 1.21 bits per heavy atom. The Hall–Kier alpha value is -3.85. The Bertz CT molecular complexity index is 1290. The minimum atomic E-state index is -1.19. The monoisotopic (exact) mass is 473 g/mol. The number of carboxylic acid groups (broad SMARTS) is 1. The van der Waals surface area contributed by atoms with Gasteiger partial charge in [-0.2, -0.15) is 0 Å². The van der Waals surface area contributed by atoms with E-state index in [2.05, 4.69) is 10.6 Å². The number of hydrogen-bond acceptors (Lipinski definition) is 4. The quantitative estimate of drug-likeness (QED) is 0.433. The predicted octanol–water partition coefficient (Wildman–Crippen LogP) is 3.85. The minimum Gasteiger partial charge on any atom is -0.505 e. The second kappa shape index (κ2) is 9.74. The molecule has 1 heterocycles. The maximum atomic E-state index is 13.4. The van der Waals surface area contributed by atoms with Crippen LogP contribution in [0.5, 0.6) is 5.75 Å². The predicted molar refractivity (Wildman–Crippen MR) is 122 cm³/mol. The van der Waals surface area contributed by atoms with Crippen LogP contribution in [0.1, 0.15) is 17.0 Å². The third-order valence-electron chi connectivity index (χ3n) is 5.07. The number of aliphatic carboxylic acids is 1. The largest absolute Gasteiger partial charge is 0.505 e. The number of amides is 2. The van der Waals surface area contributed by atoms with Gasteiger partial charge in [-0.25, -0.2) is 9.18 Å². The van der Waals surface area contributed by atoms with Gasteiger partial charge in [-0.3, -0.25) is 9.59 Å². The molecule has 3 rings (SSSR count). The van der Waals surface area contributed by atoms with Gasteiger partial charge in [0.2, 0.25) is 0 Å². The van der Waals surface area contributed by atoms with Crippen LogP contribution in [0.2, 0.25) is 5.02 Å². The number of nitrogens with one attached hydrogen (secondary N) is 2. The average molecular weight is 474 g/mol. The summed E-state index contributed by atoms with van der Waals surface area (Å²) in [6.45, 7) is 1.27. The summed E-state index contributed by atoms with van der Waals surface area (Å²) in [5.41, 5.74) is 0.950. The number of rotatable bonds is 6. The lowest BCUT2D eigenvalue weighted by molar-refractivity contribution is -0.138. The van der Waals surface area contributed by atoms with E-state index < -0.39 is 29.3 Å². The maximum absolute atomic E-state index is 13.4. The van der Waals surface area contributed by atoms with Gasteiger partial charge >= 0.3 is 12.0 Å². The fraction of sp³-hybridized carbons (Fsp3) is 0.174. The van der Waals surface area contributed by atoms with Gasteiger partial charge in [0.05, 0.1) is 10.9 Å². The van der Waals surface area contributed by atoms with Crippen LogP contribution < -0.4 is 16.2 Å². The molecule has 0 fully saturated rings. The summed E-state index contributed by atoms with van der Waals surface area (Å²) in [6.07, 6.45) is 1.42. The van der Waals surface area contributed by atoms with E-state index in [1.54, 1.807) is 31.2 Å². The van der Waals surface area contributed by atoms with Gasteiger partial charge < -0.3 is 25.4 Å². The van der Waals surface area contributed by atoms with Crippen molar-refractivity contribution in [1.29, 1.82) is 0 Å². The molecule has 172 valence electrons. The first kappa shape index (κ1) is 23.8. The molecule has 10 heteroatoms. The lowest BCUT2D eigenvalue weighted by Gasteiger charge is -2.16. The van der Waals surface area contributed by atoms with Crippen molar-refractivity contribution in [3.8, 4) is 16.9 Å². The highest BCUT2D eigenvalue weighted by molar-refractivity contribution is 6.33. The Kier molecular flexibility index (Phi) is 7.03. The van der Waals surface area contributed by atoms with Gasteiger partial charge in [-0.05, 0) is 36.2 Å². The van der Waals surface area contributed by atoms with E-state index in [0.29, 0.717) is 22.3 Å². The molecule has 4 N–H and O–H groups in total. The topological polar surface area (TPSA) is 121 Å². The molecule has 1 unspecified atom stereocenters. The van der Waals surface area contributed by atoms with Crippen molar-refractivity contribution in [3.05, 3.63) is 81.0 Å². The molecule has 0 radical (unpaired) electrons. The van der Waals surface area contributed by atoms with E-state index in [1.165, 1.54) is 29.9 Å². The van der Waals surface area contributed by atoms with Crippen LogP contribution in [0, 0.1) is 12.7 Å². The Morgan fingerprint density at radius 2 is 1.94 bits per heavy atom. The number of urea groups is 1.